The zero-order valence-corrected chi connectivity index (χ0v) is 17.0. The number of anilines is 1. The molecule has 0 aliphatic carbocycles. The van der Waals surface area contributed by atoms with Crippen LogP contribution in [-0.4, -0.2) is 23.0 Å². The molecule has 0 saturated heterocycles. The summed E-state index contributed by atoms with van der Waals surface area (Å²) in [5, 5.41) is 0. The van der Waals surface area contributed by atoms with Crippen molar-refractivity contribution in [3.8, 4) is 28.5 Å². The predicted octanol–water partition coefficient (Wildman–Crippen LogP) is 4.76. The Balaban J connectivity index is 1.62. The van der Waals surface area contributed by atoms with Crippen LogP contribution in [0.25, 0.3) is 22.6 Å². The van der Waals surface area contributed by atoms with Crippen LogP contribution in [0.4, 0.5) is 5.69 Å². The molecule has 2 N–H and O–H groups in total. The van der Waals surface area contributed by atoms with Crippen LogP contribution in [0.5, 0.6) is 5.88 Å². The van der Waals surface area contributed by atoms with Crippen molar-refractivity contribution >= 4 is 11.7 Å². The Morgan fingerprint density at radius 3 is 2.26 bits per heavy atom. The molecule has 0 fully saturated rings. The molecule has 3 aromatic carbocycles. The minimum Gasteiger partial charge on any atom is -0.473 e. The molecule has 0 unspecified atom stereocenters. The van der Waals surface area contributed by atoms with E-state index < -0.39 is 0 Å². The van der Waals surface area contributed by atoms with Crippen molar-refractivity contribution in [3.05, 3.63) is 96.1 Å². The Bertz CT molecular complexity index is 1180. The summed E-state index contributed by atoms with van der Waals surface area (Å²) >= 11 is 0. The summed E-state index contributed by atoms with van der Waals surface area (Å²) in [5.74, 6) is 0.660. The van der Waals surface area contributed by atoms with Crippen LogP contribution in [0.1, 0.15) is 15.9 Å². The molecule has 31 heavy (non-hydrogen) atoms. The first-order valence-electron chi connectivity index (χ1n) is 9.73. The molecular weight excluding hydrogens is 390 g/mol. The minimum absolute atomic E-state index is 0.299. The summed E-state index contributed by atoms with van der Waals surface area (Å²) < 4.78 is 10.7. The highest BCUT2D eigenvalue weighted by molar-refractivity contribution is 5.89. The van der Waals surface area contributed by atoms with Gasteiger partial charge in [0.25, 0.3) is 0 Å². The fourth-order valence-electron chi connectivity index (χ4n) is 3.03. The van der Waals surface area contributed by atoms with E-state index in [1.54, 1.807) is 18.2 Å². The third-order valence-corrected chi connectivity index (χ3v) is 4.70. The van der Waals surface area contributed by atoms with Gasteiger partial charge in [-0.3, -0.25) is 0 Å². The lowest BCUT2D eigenvalue weighted by Gasteiger charge is -2.11. The molecule has 154 valence electrons. The van der Waals surface area contributed by atoms with Gasteiger partial charge in [-0.25, -0.2) is 9.78 Å². The van der Waals surface area contributed by atoms with Crippen LogP contribution >= 0.6 is 0 Å². The van der Waals surface area contributed by atoms with Crippen molar-refractivity contribution in [2.75, 3.05) is 12.8 Å². The van der Waals surface area contributed by atoms with Gasteiger partial charge in [0.15, 0.2) is 5.82 Å². The number of nitrogen functional groups attached to an aromatic ring is 1. The molecule has 4 rings (SSSR count). The molecular formula is C25H21N3O3. The number of hydrogen-bond donors (Lipinski definition) is 1. The SMILES string of the molecule is COC(=O)c1ccc(COc2cc(-c3ccc(N)cc3)nc(-c3ccccc3)n2)cc1. The van der Waals surface area contributed by atoms with Crippen molar-refractivity contribution in [1.29, 1.82) is 0 Å². The van der Waals surface area contributed by atoms with Gasteiger partial charge < -0.3 is 15.2 Å². The van der Waals surface area contributed by atoms with Crippen LogP contribution in [0.3, 0.4) is 0 Å². The zero-order chi connectivity index (χ0) is 21.6. The third kappa shape index (κ3) is 4.87. The molecule has 0 saturated carbocycles. The molecule has 0 bridgehead atoms. The Morgan fingerprint density at radius 1 is 0.871 bits per heavy atom. The number of aromatic nitrogens is 2. The average Bonchev–Trinajstić information content (AvgIpc) is 2.83. The van der Waals surface area contributed by atoms with Crippen LogP contribution < -0.4 is 10.5 Å². The molecule has 0 spiro atoms. The summed E-state index contributed by atoms with van der Waals surface area (Å²) in [6.45, 7) is 0.299. The number of carbonyl (C=O) groups is 1. The summed E-state index contributed by atoms with van der Waals surface area (Å²) in [6.07, 6.45) is 0. The predicted molar refractivity (Wildman–Crippen MR) is 119 cm³/mol. The van der Waals surface area contributed by atoms with Gasteiger partial charge in [0.1, 0.15) is 6.61 Å². The van der Waals surface area contributed by atoms with Gasteiger partial charge in [0, 0.05) is 22.9 Å². The highest BCUT2D eigenvalue weighted by atomic mass is 16.5. The fourth-order valence-corrected chi connectivity index (χ4v) is 3.03. The minimum atomic E-state index is -0.371. The third-order valence-electron chi connectivity index (χ3n) is 4.70. The van der Waals surface area contributed by atoms with Gasteiger partial charge >= 0.3 is 5.97 Å². The Hall–Kier alpha value is -4.19. The van der Waals surface area contributed by atoms with E-state index >= 15 is 0 Å². The van der Waals surface area contributed by atoms with E-state index in [-0.39, 0.29) is 5.97 Å². The molecule has 0 radical (unpaired) electrons. The van der Waals surface area contributed by atoms with E-state index in [9.17, 15) is 4.79 Å². The lowest BCUT2D eigenvalue weighted by atomic mass is 10.1. The van der Waals surface area contributed by atoms with E-state index in [0.29, 0.717) is 29.6 Å². The smallest absolute Gasteiger partial charge is 0.337 e. The molecule has 6 nitrogen and oxygen atoms in total. The van der Waals surface area contributed by atoms with E-state index in [0.717, 1.165) is 22.4 Å². The number of esters is 1. The van der Waals surface area contributed by atoms with Gasteiger partial charge in [0.05, 0.1) is 18.4 Å². The van der Waals surface area contributed by atoms with Crippen LogP contribution in [-0.2, 0) is 11.3 Å². The van der Waals surface area contributed by atoms with E-state index in [1.807, 2.05) is 66.7 Å². The monoisotopic (exact) mass is 411 g/mol. The number of methoxy groups -OCH3 is 1. The number of carbonyl (C=O) groups excluding carboxylic acids is 1. The summed E-state index contributed by atoms with van der Waals surface area (Å²) in [4.78, 5) is 20.9. The number of nitrogens with zero attached hydrogens (tertiary/aromatic N) is 2. The summed E-state index contributed by atoms with van der Waals surface area (Å²) in [6, 6.07) is 26.1. The first-order chi connectivity index (χ1) is 15.1. The van der Waals surface area contributed by atoms with Crippen molar-refractivity contribution in [2.45, 2.75) is 6.61 Å². The molecule has 0 aliphatic rings. The lowest BCUT2D eigenvalue weighted by molar-refractivity contribution is 0.0600. The average molecular weight is 411 g/mol. The second-order valence-corrected chi connectivity index (χ2v) is 6.88. The standard InChI is InChI=1S/C25H21N3O3/c1-30-25(29)20-9-7-17(8-10-20)16-31-23-15-22(18-11-13-21(26)14-12-18)27-24(28-23)19-5-3-2-4-6-19/h2-15H,16,26H2,1H3. The van der Waals surface area contributed by atoms with E-state index in [2.05, 4.69) is 4.98 Å². The molecule has 0 atom stereocenters. The van der Waals surface area contributed by atoms with Gasteiger partial charge in [-0.15, -0.1) is 0 Å². The van der Waals surface area contributed by atoms with E-state index in [1.165, 1.54) is 7.11 Å². The number of nitrogens with two attached hydrogens (primary N) is 1. The molecule has 1 heterocycles. The number of hydrogen-bond acceptors (Lipinski definition) is 6. The van der Waals surface area contributed by atoms with Gasteiger partial charge in [0.2, 0.25) is 5.88 Å². The first kappa shape index (κ1) is 20.1. The molecule has 0 aliphatic heterocycles. The maximum atomic E-state index is 11.6. The second kappa shape index (κ2) is 9.09. The highest BCUT2D eigenvalue weighted by Gasteiger charge is 2.11. The topological polar surface area (TPSA) is 87.3 Å². The Morgan fingerprint density at radius 2 is 1.58 bits per heavy atom. The highest BCUT2D eigenvalue weighted by Crippen LogP contribution is 2.26. The van der Waals surface area contributed by atoms with Gasteiger partial charge in [-0.2, -0.15) is 4.98 Å². The van der Waals surface area contributed by atoms with Crippen molar-refractivity contribution in [3.63, 3.8) is 0 Å². The first-order valence-corrected chi connectivity index (χ1v) is 9.73. The quantitative estimate of drug-likeness (QED) is 0.364. The maximum Gasteiger partial charge on any atom is 0.337 e. The summed E-state index contributed by atoms with van der Waals surface area (Å²) in [7, 11) is 1.36. The molecule has 4 aromatic rings. The normalized spacial score (nSPS) is 10.5. The molecule has 6 heteroatoms. The van der Waals surface area contributed by atoms with Crippen LogP contribution in [0.15, 0.2) is 84.9 Å². The Labute approximate surface area is 180 Å². The van der Waals surface area contributed by atoms with Gasteiger partial charge in [-0.1, -0.05) is 54.6 Å². The Kier molecular flexibility index (Phi) is 5.89. The largest absolute Gasteiger partial charge is 0.473 e. The van der Waals surface area contributed by atoms with Gasteiger partial charge in [-0.05, 0) is 29.8 Å². The second-order valence-electron chi connectivity index (χ2n) is 6.88. The number of rotatable bonds is 6. The van der Waals surface area contributed by atoms with Crippen LogP contribution in [0.2, 0.25) is 0 Å². The molecule has 1 aromatic heterocycles. The van der Waals surface area contributed by atoms with Crippen molar-refractivity contribution < 1.29 is 14.3 Å². The lowest BCUT2D eigenvalue weighted by Crippen LogP contribution is -2.03. The number of benzene rings is 3. The maximum absolute atomic E-state index is 11.6. The summed E-state index contributed by atoms with van der Waals surface area (Å²) in [5.41, 5.74) is 10.5. The zero-order valence-electron chi connectivity index (χ0n) is 17.0. The fraction of sp³-hybridized carbons (Fsp3) is 0.0800. The van der Waals surface area contributed by atoms with Crippen LogP contribution in [0, 0.1) is 0 Å². The van der Waals surface area contributed by atoms with Crippen molar-refractivity contribution in [2.24, 2.45) is 0 Å². The van der Waals surface area contributed by atoms with Crippen molar-refractivity contribution in [1.82, 2.24) is 9.97 Å². The van der Waals surface area contributed by atoms with E-state index in [4.69, 9.17) is 20.2 Å². The molecule has 0 amide bonds. The number of ether oxygens (including phenoxy) is 2.